The van der Waals surface area contributed by atoms with Gasteiger partial charge in [0.25, 0.3) is 0 Å². The van der Waals surface area contributed by atoms with Gasteiger partial charge >= 0.3 is 0 Å². The van der Waals surface area contributed by atoms with Crippen LogP contribution in [0.3, 0.4) is 0 Å². The maximum absolute atomic E-state index is 9.71. The summed E-state index contributed by atoms with van der Waals surface area (Å²) in [5.41, 5.74) is 0.518. The molecule has 7 heteroatoms. The third-order valence-corrected chi connectivity index (χ3v) is 3.66. The van der Waals surface area contributed by atoms with Crippen LogP contribution < -0.4 is 10.9 Å². The molecule has 0 saturated heterocycles. The Bertz CT molecular complexity index is 688. The van der Waals surface area contributed by atoms with E-state index in [1.54, 1.807) is 20.0 Å². The van der Waals surface area contributed by atoms with E-state index in [9.17, 15) is 5.11 Å². The molecule has 0 fully saturated rings. The van der Waals surface area contributed by atoms with Gasteiger partial charge in [-0.1, -0.05) is 0 Å². The van der Waals surface area contributed by atoms with Gasteiger partial charge in [-0.15, -0.1) is 0 Å². The molecule has 0 spiro atoms. The summed E-state index contributed by atoms with van der Waals surface area (Å²) in [6, 6.07) is 2.00. The molecule has 0 aromatic carbocycles. The van der Waals surface area contributed by atoms with Crippen LogP contribution in [0.5, 0.6) is 0 Å². The highest BCUT2D eigenvalue weighted by Crippen LogP contribution is 2.32. The molecule has 6 nitrogen and oxygen atoms in total. The molecule has 3 aliphatic rings. The van der Waals surface area contributed by atoms with Crippen LogP contribution >= 0.6 is 15.9 Å². The number of aliphatic hydroxyl groups is 1. The van der Waals surface area contributed by atoms with Gasteiger partial charge in [-0.3, -0.25) is 0 Å². The summed E-state index contributed by atoms with van der Waals surface area (Å²) in [4.78, 5) is 13.0. The van der Waals surface area contributed by atoms with Crippen molar-refractivity contribution >= 4 is 21.7 Å². The Morgan fingerprint density at radius 1 is 1.55 bits per heavy atom. The SMILES string of the molecule is CC(C)(O)CN=c1ncc2cc(Br)c3n(c-2n1)CCN3. The van der Waals surface area contributed by atoms with E-state index in [0.29, 0.717) is 5.62 Å². The van der Waals surface area contributed by atoms with Crippen molar-refractivity contribution in [2.45, 2.75) is 26.0 Å². The van der Waals surface area contributed by atoms with Gasteiger partial charge in [0.05, 0.1) is 16.6 Å². The summed E-state index contributed by atoms with van der Waals surface area (Å²) in [7, 11) is 0. The Labute approximate surface area is 125 Å². The Morgan fingerprint density at radius 2 is 2.35 bits per heavy atom. The lowest BCUT2D eigenvalue weighted by Crippen LogP contribution is -2.26. The van der Waals surface area contributed by atoms with Crippen molar-refractivity contribution in [1.29, 1.82) is 0 Å². The highest BCUT2D eigenvalue weighted by atomic mass is 79.9. The first-order valence-corrected chi connectivity index (χ1v) is 7.26. The molecule has 0 atom stereocenters. The minimum Gasteiger partial charge on any atom is -0.389 e. The van der Waals surface area contributed by atoms with Crippen molar-refractivity contribution in [1.82, 2.24) is 14.5 Å². The number of rotatable bonds is 2. The predicted octanol–water partition coefficient (Wildman–Crippen LogP) is 1.24. The number of fused-ring (bicyclic) bond motifs is 3. The van der Waals surface area contributed by atoms with Crippen LogP contribution in [0, 0.1) is 0 Å². The van der Waals surface area contributed by atoms with E-state index >= 15 is 0 Å². The molecule has 0 bridgehead atoms. The van der Waals surface area contributed by atoms with Crippen LogP contribution in [-0.4, -0.2) is 38.3 Å². The Kier molecular flexibility index (Phi) is 3.25. The quantitative estimate of drug-likeness (QED) is 0.864. The van der Waals surface area contributed by atoms with E-state index in [2.05, 4.69) is 40.8 Å². The molecule has 0 aromatic rings. The lowest BCUT2D eigenvalue weighted by atomic mass is 10.1. The minimum atomic E-state index is -0.853. The molecule has 3 heterocycles. The summed E-state index contributed by atoms with van der Waals surface area (Å²) in [5, 5.41) is 13.0. The van der Waals surface area contributed by atoms with Gasteiger partial charge in [-0.25, -0.2) is 9.98 Å². The molecule has 0 saturated carbocycles. The largest absolute Gasteiger partial charge is 0.389 e. The van der Waals surface area contributed by atoms with Crippen LogP contribution in [0.2, 0.25) is 0 Å². The summed E-state index contributed by atoms with van der Waals surface area (Å²) in [6.07, 6.45) is 1.77. The van der Waals surface area contributed by atoms with Crippen LogP contribution in [-0.2, 0) is 6.54 Å². The second-order valence-corrected chi connectivity index (χ2v) is 6.35. The van der Waals surface area contributed by atoms with E-state index in [1.807, 2.05) is 6.07 Å². The zero-order valence-corrected chi connectivity index (χ0v) is 13.0. The standard InChI is InChI=1S/C13H16BrN5O/c1-13(2,20)7-17-12-16-6-8-5-9(14)11-15-3-4-19(11)10(8)18-12/h5-6,15,20H,3-4,7H2,1-2H3. The first-order valence-electron chi connectivity index (χ1n) is 6.47. The average Bonchev–Trinajstić information content (AvgIpc) is 2.86. The van der Waals surface area contributed by atoms with Crippen LogP contribution in [0.15, 0.2) is 21.7 Å². The molecule has 0 radical (unpaired) electrons. The van der Waals surface area contributed by atoms with Gasteiger partial charge in [-0.05, 0) is 35.8 Å². The topological polar surface area (TPSA) is 75.3 Å². The number of nitrogens with one attached hydrogen (secondary N) is 1. The third-order valence-electron chi connectivity index (χ3n) is 3.05. The fraction of sp³-hybridized carbons (Fsp3) is 0.462. The molecular formula is C13H16BrN5O. The fourth-order valence-corrected chi connectivity index (χ4v) is 2.76. The Balaban J connectivity index is 2.12. The molecule has 2 N–H and O–H groups in total. The van der Waals surface area contributed by atoms with Crippen LogP contribution in [0.25, 0.3) is 11.4 Å². The number of hydrogen-bond acceptors (Lipinski definition) is 5. The summed E-state index contributed by atoms with van der Waals surface area (Å²) in [5.74, 6) is 1.89. The lowest BCUT2D eigenvalue weighted by Gasteiger charge is -2.14. The van der Waals surface area contributed by atoms with E-state index in [-0.39, 0.29) is 6.54 Å². The number of aromatic nitrogens is 3. The highest BCUT2D eigenvalue weighted by Gasteiger charge is 2.20. The van der Waals surface area contributed by atoms with E-state index in [1.165, 1.54) is 0 Å². The normalized spacial score (nSPS) is 15.5. The molecule has 20 heavy (non-hydrogen) atoms. The van der Waals surface area contributed by atoms with Crippen molar-refractivity contribution in [3.05, 3.63) is 22.4 Å². The smallest absolute Gasteiger partial charge is 0.246 e. The molecule has 3 aliphatic heterocycles. The van der Waals surface area contributed by atoms with Crippen molar-refractivity contribution < 1.29 is 5.11 Å². The molecule has 0 aromatic heterocycles. The summed E-state index contributed by atoms with van der Waals surface area (Å²) >= 11 is 3.55. The van der Waals surface area contributed by atoms with Crippen molar-refractivity contribution in [2.24, 2.45) is 4.99 Å². The second-order valence-electron chi connectivity index (χ2n) is 5.50. The molecular weight excluding hydrogens is 322 g/mol. The lowest BCUT2D eigenvalue weighted by molar-refractivity contribution is 0.0892. The zero-order valence-electron chi connectivity index (χ0n) is 11.4. The highest BCUT2D eigenvalue weighted by molar-refractivity contribution is 9.10. The van der Waals surface area contributed by atoms with Gasteiger partial charge < -0.3 is 15.0 Å². The van der Waals surface area contributed by atoms with E-state index in [4.69, 9.17) is 0 Å². The second kappa shape index (κ2) is 4.82. The number of anilines is 1. The molecule has 0 amide bonds. The average molecular weight is 338 g/mol. The molecule has 3 rings (SSSR count). The van der Waals surface area contributed by atoms with Crippen molar-refractivity contribution in [2.75, 3.05) is 18.4 Å². The predicted molar refractivity (Wildman–Crippen MR) is 79.6 cm³/mol. The maximum Gasteiger partial charge on any atom is 0.246 e. The Hall–Kier alpha value is -1.47. The molecule has 0 unspecified atom stereocenters. The van der Waals surface area contributed by atoms with E-state index < -0.39 is 5.60 Å². The number of hydrogen-bond donors (Lipinski definition) is 2. The first kappa shape index (κ1) is 13.5. The number of halogens is 1. The van der Waals surface area contributed by atoms with Crippen molar-refractivity contribution in [3.8, 4) is 11.4 Å². The fourth-order valence-electron chi connectivity index (χ4n) is 2.15. The van der Waals surface area contributed by atoms with Gasteiger partial charge in [-0.2, -0.15) is 4.98 Å². The number of pyridine rings is 1. The third kappa shape index (κ3) is 2.55. The van der Waals surface area contributed by atoms with Gasteiger partial charge in [0, 0.05) is 24.8 Å². The monoisotopic (exact) mass is 337 g/mol. The van der Waals surface area contributed by atoms with Gasteiger partial charge in [0.1, 0.15) is 11.6 Å². The summed E-state index contributed by atoms with van der Waals surface area (Å²) in [6.45, 7) is 5.46. The number of nitrogens with zero attached hydrogens (tertiary/aromatic N) is 4. The van der Waals surface area contributed by atoms with E-state index in [0.717, 1.165) is 34.8 Å². The minimum absolute atomic E-state index is 0.278. The Morgan fingerprint density at radius 3 is 3.10 bits per heavy atom. The first-order chi connectivity index (χ1) is 9.44. The van der Waals surface area contributed by atoms with Gasteiger partial charge in [0.2, 0.25) is 5.62 Å². The van der Waals surface area contributed by atoms with Gasteiger partial charge in [0.15, 0.2) is 0 Å². The molecule has 106 valence electrons. The van der Waals surface area contributed by atoms with Crippen molar-refractivity contribution in [3.63, 3.8) is 0 Å². The molecule has 0 aliphatic carbocycles. The van der Waals surface area contributed by atoms with Crippen LogP contribution in [0.4, 0.5) is 5.82 Å². The summed E-state index contributed by atoms with van der Waals surface area (Å²) < 4.78 is 3.12. The zero-order chi connectivity index (χ0) is 14.3. The van der Waals surface area contributed by atoms with Crippen LogP contribution in [0.1, 0.15) is 13.8 Å². The maximum atomic E-state index is 9.71.